The molecular formula is C28H29N3O3. The summed E-state index contributed by atoms with van der Waals surface area (Å²) in [7, 11) is 1.69. The first-order valence-corrected chi connectivity index (χ1v) is 11.6. The van der Waals surface area contributed by atoms with E-state index >= 15 is 0 Å². The van der Waals surface area contributed by atoms with E-state index in [4.69, 9.17) is 9.94 Å². The van der Waals surface area contributed by atoms with Gasteiger partial charge in [-0.3, -0.25) is 14.9 Å². The Hall–Kier alpha value is -3.61. The molecule has 0 radical (unpaired) electrons. The molecule has 1 amide bonds. The van der Waals surface area contributed by atoms with Gasteiger partial charge in [0.15, 0.2) is 0 Å². The van der Waals surface area contributed by atoms with Crippen LogP contribution in [0.4, 0.5) is 0 Å². The summed E-state index contributed by atoms with van der Waals surface area (Å²) in [5, 5.41) is 10.3. The lowest BCUT2D eigenvalue weighted by Crippen LogP contribution is -2.30. The third-order valence-electron chi connectivity index (χ3n) is 6.71. The topological polar surface area (TPSA) is 66.7 Å². The maximum atomic E-state index is 11.8. The minimum atomic E-state index is -0.456. The van der Waals surface area contributed by atoms with Gasteiger partial charge in [0.1, 0.15) is 5.75 Å². The maximum Gasteiger partial charge on any atom is 0.270 e. The molecule has 1 aliphatic carbocycles. The van der Waals surface area contributed by atoms with Gasteiger partial charge in [-0.15, -0.1) is 0 Å². The number of aromatic nitrogens is 1. The van der Waals surface area contributed by atoms with Crippen molar-refractivity contribution in [3.8, 4) is 5.75 Å². The summed E-state index contributed by atoms with van der Waals surface area (Å²) in [6.45, 7) is 3.59. The van der Waals surface area contributed by atoms with Gasteiger partial charge in [0.25, 0.3) is 5.91 Å². The minimum absolute atomic E-state index is 0.456. The van der Waals surface area contributed by atoms with E-state index < -0.39 is 5.91 Å². The molecule has 5 rings (SSSR count). The monoisotopic (exact) mass is 455 g/mol. The lowest BCUT2D eigenvalue weighted by molar-refractivity contribution is -0.125. The molecule has 2 N–H and O–H groups in total. The summed E-state index contributed by atoms with van der Waals surface area (Å²) >= 11 is 0. The Bertz CT molecular complexity index is 1300. The number of rotatable bonds is 6. The third kappa shape index (κ3) is 4.42. The van der Waals surface area contributed by atoms with Gasteiger partial charge in [0, 0.05) is 54.8 Å². The number of nitrogens with zero attached hydrogens (tertiary/aromatic N) is 2. The number of carbonyl (C=O) groups excluding carboxylic acids is 1. The average Bonchev–Trinajstić information content (AvgIpc) is 3.01. The lowest BCUT2D eigenvalue weighted by atomic mass is 10.0. The number of carbonyl (C=O) groups is 1. The second-order valence-electron chi connectivity index (χ2n) is 8.82. The van der Waals surface area contributed by atoms with Crippen LogP contribution in [0, 0.1) is 0 Å². The molecular weight excluding hydrogens is 426 g/mol. The van der Waals surface area contributed by atoms with Crippen LogP contribution in [-0.4, -0.2) is 34.2 Å². The third-order valence-corrected chi connectivity index (χ3v) is 6.71. The van der Waals surface area contributed by atoms with Crippen LogP contribution in [0.3, 0.4) is 0 Å². The Kier molecular flexibility index (Phi) is 6.34. The summed E-state index contributed by atoms with van der Waals surface area (Å²) in [5.74, 6) is 0.427. The van der Waals surface area contributed by atoms with E-state index in [2.05, 4.69) is 51.9 Å². The number of para-hydroxylation sites is 1. The number of hydrogen-bond acceptors (Lipinski definition) is 4. The highest BCUT2D eigenvalue weighted by molar-refractivity contribution is 5.93. The summed E-state index contributed by atoms with van der Waals surface area (Å²) in [4.78, 5) is 14.3. The first kappa shape index (κ1) is 22.2. The Balaban J connectivity index is 1.42. The first-order valence-electron chi connectivity index (χ1n) is 11.6. The van der Waals surface area contributed by atoms with Crippen molar-refractivity contribution in [2.45, 2.75) is 32.5 Å². The van der Waals surface area contributed by atoms with Crippen molar-refractivity contribution >= 4 is 16.8 Å². The summed E-state index contributed by atoms with van der Waals surface area (Å²) in [6.07, 6.45) is 9.33. The van der Waals surface area contributed by atoms with Crippen LogP contribution in [0.15, 0.2) is 84.0 Å². The normalized spacial score (nSPS) is 15.9. The number of amides is 1. The summed E-state index contributed by atoms with van der Waals surface area (Å²) in [5.41, 5.74) is 8.73. The molecule has 0 bridgehead atoms. The minimum Gasteiger partial charge on any atom is -0.497 e. The molecule has 0 spiro atoms. The Morgan fingerprint density at radius 1 is 1.09 bits per heavy atom. The molecule has 2 heterocycles. The van der Waals surface area contributed by atoms with E-state index in [1.54, 1.807) is 18.7 Å². The molecule has 6 heteroatoms. The number of nitrogens with one attached hydrogen (secondary N) is 1. The molecule has 2 aliphatic rings. The van der Waals surface area contributed by atoms with Crippen LogP contribution in [-0.2, 0) is 30.8 Å². The number of ether oxygens (including phenoxy) is 1. The number of methoxy groups -OCH3 is 1. The molecule has 0 fully saturated rings. The van der Waals surface area contributed by atoms with E-state index in [1.807, 2.05) is 24.3 Å². The zero-order chi connectivity index (χ0) is 23.5. The zero-order valence-electron chi connectivity index (χ0n) is 19.3. The van der Waals surface area contributed by atoms with E-state index in [1.165, 1.54) is 27.7 Å². The van der Waals surface area contributed by atoms with Crippen LogP contribution in [0.1, 0.15) is 23.2 Å². The van der Waals surface area contributed by atoms with Gasteiger partial charge >= 0.3 is 0 Å². The molecule has 3 aromatic rings. The fraction of sp³-hybridized carbons (Fsp3) is 0.250. The van der Waals surface area contributed by atoms with Crippen molar-refractivity contribution < 1.29 is 14.7 Å². The van der Waals surface area contributed by atoms with Gasteiger partial charge in [-0.1, -0.05) is 54.6 Å². The summed E-state index contributed by atoms with van der Waals surface area (Å²) < 4.78 is 7.72. The predicted octanol–water partition coefficient (Wildman–Crippen LogP) is 4.53. The molecule has 0 saturated heterocycles. The van der Waals surface area contributed by atoms with Crippen LogP contribution in [0.5, 0.6) is 5.75 Å². The fourth-order valence-corrected chi connectivity index (χ4v) is 4.96. The van der Waals surface area contributed by atoms with Gasteiger partial charge in [0.05, 0.1) is 7.11 Å². The Labute approximate surface area is 199 Å². The standard InChI is InChI=1S/C28H29N3O3/c1-34-23-13-10-21(11-14-23)17-30-16-15-27-25(19-30)24-7-2-3-8-26(24)31(27)18-20-5-4-6-22(12-9-20)28(32)29-33/h2-5,7-14,33H,6,15-19H2,1H3,(H,29,32). The lowest BCUT2D eigenvalue weighted by Gasteiger charge is -2.28. The van der Waals surface area contributed by atoms with Crippen LogP contribution < -0.4 is 10.2 Å². The molecule has 174 valence electrons. The number of benzene rings is 2. The molecule has 1 aromatic heterocycles. The number of fused-ring (bicyclic) bond motifs is 3. The smallest absolute Gasteiger partial charge is 0.270 e. The largest absolute Gasteiger partial charge is 0.497 e. The highest BCUT2D eigenvalue weighted by Crippen LogP contribution is 2.32. The van der Waals surface area contributed by atoms with Gasteiger partial charge in [-0.25, -0.2) is 5.48 Å². The van der Waals surface area contributed by atoms with Crippen LogP contribution >= 0.6 is 0 Å². The summed E-state index contributed by atoms with van der Waals surface area (Å²) in [6, 6.07) is 17.0. The molecule has 0 unspecified atom stereocenters. The number of hydroxylamine groups is 1. The van der Waals surface area contributed by atoms with Crippen molar-refractivity contribution in [1.29, 1.82) is 0 Å². The number of allylic oxidation sites excluding steroid dienone is 5. The first-order chi connectivity index (χ1) is 16.7. The molecule has 34 heavy (non-hydrogen) atoms. The molecule has 6 nitrogen and oxygen atoms in total. The quantitative estimate of drug-likeness (QED) is 0.424. The Morgan fingerprint density at radius 3 is 2.71 bits per heavy atom. The second-order valence-corrected chi connectivity index (χ2v) is 8.82. The van der Waals surface area contributed by atoms with Gasteiger partial charge in [-0.2, -0.15) is 0 Å². The van der Waals surface area contributed by atoms with Crippen molar-refractivity contribution in [2.24, 2.45) is 0 Å². The highest BCUT2D eigenvalue weighted by Gasteiger charge is 2.24. The van der Waals surface area contributed by atoms with E-state index in [0.29, 0.717) is 12.0 Å². The molecule has 0 atom stereocenters. The highest BCUT2D eigenvalue weighted by atomic mass is 16.5. The predicted molar refractivity (Wildman–Crippen MR) is 133 cm³/mol. The van der Waals surface area contributed by atoms with Gasteiger partial charge in [-0.05, 0) is 41.3 Å². The van der Waals surface area contributed by atoms with Gasteiger partial charge < -0.3 is 9.30 Å². The average molecular weight is 456 g/mol. The zero-order valence-corrected chi connectivity index (χ0v) is 19.3. The van der Waals surface area contributed by atoms with E-state index in [0.717, 1.165) is 43.9 Å². The van der Waals surface area contributed by atoms with Crippen molar-refractivity contribution in [1.82, 2.24) is 14.9 Å². The molecule has 2 aromatic carbocycles. The Morgan fingerprint density at radius 2 is 1.91 bits per heavy atom. The maximum absolute atomic E-state index is 11.8. The van der Waals surface area contributed by atoms with Crippen molar-refractivity contribution in [2.75, 3.05) is 13.7 Å². The van der Waals surface area contributed by atoms with Crippen LogP contribution in [0.25, 0.3) is 10.9 Å². The second kappa shape index (κ2) is 9.71. The van der Waals surface area contributed by atoms with Crippen molar-refractivity contribution in [3.05, 3.63) is 101 Å². The van der Waals surface area contributed by atoms with Gasteiger partial charge in [0.2, 0.25) is 0 Å². The molecule has 1 aliphatic heterocycles. The van der Waals surface area contributed by atoms with Crippen LogP contribution in [0.2, 0.25) is 0 Å². The fourth-order valence-electron chi connectivity index (χ4n) is 4.96. The number of hydrogen-bond donors (Lipinski definition) is 2. The SMILES string of the molecule is COc1ccc(CN2CCc3c(c4ccccc4n3CC3=CC=C(C(=O)NO)CC=C3)C2)cc1. The van der Waals surface area contributed by atoms with E-state index in [9.17, 15) is 4.79 Å². The molecule has 0 saturated carbocycles. The van der Waals surface area contributed by atoms with E-state index in [-0.39, 0.29) is 0 Å². The van der Waals surface area contributed by atoms with Crippen molar-refractivity contribution in [3.63, 3.8) is 0 Å².